The van der Waals surface area contributed by atoms with Gasteiger partial charge in [0, 0.05) is 24.7 Å². The first-order valence-electron chi connectivity index (χ1n) is 6.29. The van der Waals surface area contributed by atoms with Gasteiger partial charge in [0.15, 0.2) is 0 Å². The van der Waals surface area contributed by atoms with Crippen LogP contribution in [-0.2, 0) is 9.59 Å². The fourth-order valence-electron chi connectivity index (χ4n) is 2.30. The second-order valence-corrected chi connectivity index (χ2v) is 6.37. The molecule has 0 radical (unpaired) electrons. The molecule has 0 aliphatic carbocycles. The molecule has 98 valence electrons. The number of carbonyl (C=O) groups excluding carboxylic acids is 2. The summed E-state index contributed by atoms with van der Waals surface area (Å²) >= 11 is 3.46. The molecule has 0 N–H and O–H groups in total. The number of hydrogen-bond acceptors (Lipinski definition) is 2. The fourth-order valence-corrected chi connectivity index (χ4v) is 2.83. The number of rotatable bonds is 5. The molecule has 0 saturated carbocycles. The van der Waals surface area contributed by atoms with Crippen molar-refractivity contribution in [3.63, 3.8) is 0 Å². The standard InChI is InChI=1S/C13H22BrNO2/c1-4-5-10(8-14)9-15-11(16)6-13(2,3)7-12(15)17/h10H,4-9H2,1-3H3. The van der Waals surface area contributed by atoms with E-state index in [1.807, 2.05) is 13.8 Å². The monoisotopic (exact) mass is 303 g/mol. The topological polar surface area (TPSA) is 37.4 Å². The van der Waals surface area contributed by atoms with E-state index in [0.29, 0.717) is 25.3 Å². The van der Waals surface area contributed by atoms with Crippen molar-refractivity contribution in [3.05, 3.63) is 0 Å². The van der Waals surface area contributed by atoms with Crippen molar-refractivity contribution in [2.75, 3.05) is 11.9 Å². The largest absolute Gasteiger partial charge is 0.282 e. The SMILES string of the molecule is CCCC(CBr)CN1C(=O)CC(C)(C)CC1=O. The van der Waals surface area contributed by atoms with Crippen LogP contribution in [0, 0.1) is 11.3 Å². The molecule has 4 heteroatoms. The van der Waals surface area contributed by atoms with Crippen molar-refractivity contribution in [2.24, 2.45) is 11.3 Å². The van der Waals surface area contributed by atoms with Crippen LogP contribution in [0.2, 0.25) is 0 Å². The minimum absolute atomic E-state index is 0.00620. The second-order valence-electron chi connectivity index (χ2n) is 5.72. The summed E-state index contributed by atoms with van der Waals surface area (Å²) < 4.78 is 0. The maximum Gasteiger partial charge on any atom is 0.229 e. The van der Waals surface area contributed by atoms with Gasteiger partial charge in [0.05, 0.1) is 0 Å². The number of alkyl halides is 1. The molecular weight excluding hydrogens is 282 g/mol. The number of imide groups is 1. The summed E-state index contributed by atoms with van der Waals surface area (Å²) in [7, 11) is 0. The first kappa shape index (κ1) is 14.7. The summed E-state index contributed by atoms with van der Waals surface area (Å²) in [5.41, 5.74) is -0.167. The van der Waals surface area contributed by atoms with Gasteiger partial charge in [-0.1, -0.05) is 43.1 Å². The Morgan fingerprint density at radius 2 is 1.82 bits per heavy atom. The molecule has 1 atom stereocenters. The third-order valence-electron chi connectivity index (χ3n) is 3.22. The molecule has 1 saturated heterocycles. The number of halogens is 1. The molecule has 1 rings (SSSR count). The third-order valence-corrected chi connectivity index (χ3v) is 4.13. The van der Waals surface area contributed by atoms with Crippen LogP contribution in [-0.4, -0.2) is 28.6 Å². The summed E-state index contributed by atoms with van der Waals surface area (Å²) in [6, 6.07) is 0. The summed E-state index contributed by atoms with van der Waals surface area (Å²) in [4.78, 5) is 25.4. The number of likely N-dealkylation sites (tertiary alicyclic amines) is 1. The molecule has 1 aliphatic rings. The molecule has 1 fully saturated rings. The molecule has 0 bridgehead atoms. The Hall–Kier alpha value is -0.380. The summed E-state index contributed by atoms with van der Waals surface area (Å²) in [5, 5.41) is 0.849. The van der Waals surface area contributed by atoms with Gasteiger partial charge >= 0.3 is 0 Å². The van der Waals surface area contributed by atoms with E-state index in [4.69, 9.17) is 0 Å². The van der Waals surface area contributed by atoms with Crippen LogP contribution in [0.4, 0.5) is 0 Å². The quantitative estimate of drug-likeness (QED) is 0.578. The molecule has 0 aromatic carbocycles. The predicted octanol–water partition coefficient (Wildman–Crippen LogP) is 2.97. The van der Waals surface area contributed by atoms with Gasteiger partial charge in [0.2, 0.25) is 11.8 Å². The fraction of sp³-hybridized carbons (Fsp3) is 0.846. The van der Waals surface area contributed by atoms with Crippen molar-refractivity contribution in [1.29, 1.82) is 0 Å². The minimum Gasteiger partial charge on any atom is -0.282 e. The van der Waals surface area contributed by atoms with Gasteiger partial charge < -0.3 is 0 Å². The lowest BCUT2D eigenvalue weighted by Gasteiger charge is -2.36. The van der Waals surface area contributed by atoms with Crippen molar-refractivity contribution in [1.82, 2.24) is 4.90 Å². The lowest BCUT2D eigenvalue weighted by Crippen LogP contribution is -2.48. The zero-order chi connectivity index (χ0) is 13.1. The Labute approximate surface area is 112 Å². The van der Waals surface area contributed by atoms with Crippen molar-refractivity contribution in [2.45, 2.75) is 46.5 Å². The highest BCUT2D eigenvalue weighted by atomic mass is 79.9. The maximum atomic E-state index is 12.0. The molecule has 0 aromatic rings. The third kappa shape index (κ3) is 4.09. The van der Waals surface area contributed by atoms with Crippen molar-refractivity contribution < 1.29 is 9.59 Å². The molecule has 1 unspecified atom stereocenters. The van der Waals surface area contributed by atoms with Crippen LogP contribution < -0.4 is 0 Å². The van der Waals surface area contributed by atoms with E-state index >= 15 is 0 Å². The van der Waals surface area contributed by atoms with Gasteiger partial charge in [-0.15, -0.1) is 0 Å². The van der Waals surface area contributed by atoms with E-state index in [9.17, 15) is 9.59 Å². The Balaban J connectivity index is 2.65. The summed E-state index contributed by atoms with van der Waals surface area (Å²) in [6.07, 6.45) is 3.10. The molecule has 1 heterocycles. The average Bonchev–Trinajstić information content (AvgIpc) is 2.20. The van der Waals surface area contributed by atoms with Gasteiger partial charge in [-0.25, -0.2) is 0 Å². The van der Waals surface area contributed by atoms with Gasteiger partial charge in [-0.2, -0.15) is 0 Å². The van der Waals surface area contributed by atoms with Gasteiger partial charge in [-0.05, 0) is 17.8 Å². The first-order chi connectivity index (χ1) is 7.89. The van der Waals surface area contributed by atoms with Crippen LogP contribution in [0.1, 0.15) is 46.5 Å². The molecular formula is C13H22BrNO2. The number of piperidine rings is 1. The van der Waals surface area contributed by atoms with Crippen molar-refractivity contribution >= 4 is 27.7 Å². The second kappa shape index (κ2) is 5.98. The molecule has 3 nitrogen and oxygen atoms in total. The molecule has 2 amide bonds. The maximum absolute atomic E-state index is 12.0. The molecule has 1 aliphatic heterocycles. The highest BCUT2D eigenvalue weighted by molar-refractivity contribution is 9.09. The van der Waals surface area contributed by atoms with E-state index < -0.39 is 0 Å². The first-order valence-corrected chi connectivity index (χ1v) is 7.41. The van der Waals surface area contributed by atoms with Gasteiger partial charge in [0.1, 0.15) is 0 Å². The van der Waals surface area contributed by atoms with Crippen molar-refractivity contribution in [3.8, 4) is 0 Å². The lowest BCUT2D eigenvalue weighted by molar-refractivity contribution is -0.153. The Morgan fingerprint density at radius 3 is 2.24 bits per heavy atom. The number of nitrogens with zero attached hydrogens (tertiary/aromatic N) is 1. The molecule has 17 heavy (non-hydrogen) atoms. The van der Waals surface area contributed by atoms with Gasteiger partial charge in [-0.3, -0.25) is 14.5 Å². The Kier molecular flexibility index (Phi) is 5.17. The number of hydrogen-bond donors (Lipinski definition) is 0. The average molecular weight is 304 g/mol. The van der Waals surface area contributed by atoms with E-state index in [1.54, 1.807) is 0 Å². The highest BCUT2D eigenvalue weighted by Gasteiger charge is 2.37. The Morgan fingerprint density at radius 1 is 1.29 bits per heavy atom. The van der Waals surface area contributed by atoms with Gasteiger partial charge in [0.25, 0.3) is 0 Å². The molecule has 0 aromatic heterocycles. The van der Waals surface area contributed by atoms with Crippen LogP contribution in [0.5, 0.6) is 0 Å². The summed E-state index contributed by atoms with van der Waals surface area (Å²) in [5.74, 6) is 0.371. The van der Waals surface area contributed by atoms with Crippen LogP contribution >= 0.6 is 15.9 Å². The lowest BCUT2D eigenvalue weighted by atomic mass is 9.81. The van der Waals surface area contributed by atoms with E-state index in [2.05, 4.69) is 22.9 Å². The van der Waals surface area contributed by atoms with E-state index in [0.717, 1.165) is 18.2 Å². The van der Waals surface area contributed by atoms with Crippen LogP contribution in [0.15, 0.2) is 0 Å². The minimum atomic E-state index is -0.167. The predicted molar refractivity (Wildman–Crippen MR) is 71.9 cm³/mol. The summed E-state index contributed by atoms with van der Waals surface area (Å²) in [6.45, 7) is 6.66. The smallest absolute Gasteiger partial charge is 0.229 e. The van der Waals surface area contributed by atoms with Crippen LogP contribution in [0.25, 0.3) is 0 Å². The molecule has 0 spiro atoms. The normalized spacial score (nSPS) is 21.8. The number of carbonyl (C=O) groups is 2. The van der Waals surface area contributed by atoms with Crippen LogP contribution in [0.3, 0.4) is 0 Å². The Bertz CT molecular complexity index is 282. The van der Waals surface area contributed by atoms with E-state index in [-0.39, 0.29) is 17.2 Å². The zero-order valence-electron chi connectivity index (χ0n) is 11.0. The highest BCUT2D eigenvalue weighted by Crippen LogP contribution is 2.32. The van der Waals surface area contributed by atoms with E-state index in [1.165, 1.54) is 4.90 Å². The zero-order valence-corrected chi connectivity index (χ0v) is 12.5. The number of amides is 2.